The minimum absolute atomic E-state index is 0.00840. The molecule has 0 saturated heterocycles. The molecular weight excluding hydrogens is 400 g/mol. The van der Waals surface area contributed by atoms with Gasteiger partial charge in [0.25, 0.3) is 5.91 Å². The van der Waals surface area contributed by atoms with E-state index >= 15 is 0 Å². The lowest BCUT2D eigenvalue weighted by atomic mass is 10.1. The third-order valence-electron chi connectivity index (χ3n) is 4.79. The van der Waals surface area contributed by atoms with Crippen molar-refractivity contribution in [3.8, 4) is 11.5 Å². The van der Waals surface area contributed by atoms with Crippen molar-refractivity contribution in [1.29, 1.82) is 0 Å². The van der Waals surface area contributed by atoms with Crippen molar-refractivity contribution in [1.82, 2.24) is 15.1 Å². The molecule has 0 spiro atoms. The zero-order valence-electron chi connectivity index (χ0n) is 17.6. The fourth-order valence-corrected chi connectivity index (χ4v) is 3.25. The number of para-hydroxylation sites is 2. The fraction of sp³-hybridized carbons (Fsp3) is 0.273. The van der Waals surface area contributed by atoms with Crippen molar-refractivity contribution in [3.05, 3.63) is 81.2 Å². The van der Waals surface area contributed by atoms with E-state index in [2.05, 4.69) is 10.4 Å². The maximum atomic E-state index is 12.5. The van der Waals surface area contributed by atoms with Gasteiger partial charge >= 0.3 is 5.69 Å². The molecule has 3 aromatic rings. The van der Waals surface area contributed by atoms with Gasteiger partial charge in [-0.05, 0) is 43.7 Å². The normalized spacial score (nSPS) is 10.5. The summed E-state index contributed by atoms with van der Waals surface area (Å²) in [6, 6.07) is 14.5. The van der Waals surface area contributed by atoms with Crippen molar-refractivity contribution in [2.75, 3.05) is 13.7 Å². The predicted molar refractivity (Wildman–Crippen MR) is 114 cm³/mol. The molecule has 0 bridgehead atoms. The van der Waals surface area contributed by atoms with Gasteiger partial charge in [-0.1, -0.05) is 24.3 Å². The zero-order chi connectivity index (χ0) is 22.4. The minimum Gasteiger partial charge on any atom is -0.493 e. The highest BCUT2D eigenvalue weighted by molar-refractivity contribution is 5.94. The number of carbonyl (C=O) groups is 1. The van der Waals surface area contributed by atoms with Crippen LogP contribution >= 0.6 is 0 Å². The number of nitrogens with one attached hydrogen (secondary N) is 1. The lowest BCUT2D eigenvalue weighted by molar-refractivity contribution is -0.386. The molecule has 0 aliphatic rings. The second kappa shape index (κ2) is 9.75. The molecule has 31 heavy (non-hydrogen) atoms. The maximum absolute atomic E-state index is 12.5. The van der Waals surface area contributed by atoms with Gasteiger partial charge in [0.15, 0.2) is 11.5 Å². The fourth-order valence-electron chi connectivity index (χ4n) is 3.25. The lowest BCUT2D eigenvalue weighted by Gasteiger charge is -2.11. The number of carbonyl (C=O) groups excluding carboxylic acids is 1. The van der Waals surface area contributed by atoms with Gasteiger partial charge < -0.3 is 14.8 Å². The van der Waals surface area contributed by atoms with Crippen molar-refractivity contribution in [2.45, 2.75) is 27.0 Å². The van der Waals surface area contributed by atoms with Crippen LogP contribution in [0.3, 0.4) is 0 Å². The number of aryl methyl sites for hydroxylation is 1. The number of hydrogen-bond donors (Lipinski definition) is 1. The van der Waals surface area contributed by atoms with Gasteiger partial charge in [-0.3, -0.25) is 19.6 Å². The summed E-state index contributed by atoms with van der Waals surface area (Å²) >= 11 is 0. The summed E-state index contributed by atoms with van der Waals surface area (Å²) in [5.74, 6) is 1.02. The van der Waals surface area contributed by atoms with E-state index in [-0.39, 0.29) is 18.2 Å². The van der Waals surface area contributed by atoms with Crippen LogP contribution in [0, 0.1) is 24.0 Å². The molecule has 0 atom stereocenters. The Kier molecular flexibility index (Phi) is 6.86. The molecule has 0 saturated carbocycles. The topological polar surface area (TPSA) is 109 Å². The number of amides is 1. The van der Waals surface area contributed by atoms with Crippen LogP contribution in [0.4, 0.5) is 5.69 Å². The van der Waals surface area contributed by atoms with E-state index in [1.165, 1.54) is 4.68 Å². The van der Waals surface area contributed by atoms with Gasteiger partial charge in [-0.25, -0.2) is 0 Å². The zero-order valence-corrected chi connectivity index (χ0v) is 17.6. The number of benzene rings is 2. The van der Waals surface area contributed by atoms with E-state index in [1.54, 1.807) is 39.2 Å². The summed E-state index contributed by atoms with van der Waals surface area (Å²) in [6.45, 7) is 4.16. The van der Waals surface area contributed by atoms with E-state index in [9.17, 15) is 14.9 Å². The van der Waals surface area contributed by atoms with Gasteiger partial charge in [-0.2, -0.15) is 5.10 Å². The summed E-state index contributed by atoms with van der Waals surface area (Å²) in [7, 11) is 1.58. The van der Waals surface area contributed by atoms with Crippen molar-refractivity contribution < 1.29 is 19.2 Å². The SMILES string of the molecule is COc1ccccc1OCc1cccc(C(=O)NCCn2nc(C)c([N+](=O)[O-])c2C)c1. The first-order valence-corrected chi connectivity index (χ1v) is 9.72. The van der Waals surface area contributed by atoms with Crippen molar-refractivity contribution in [2.24, 2.45) is 0 Å². The van der Waals surface area contributed by atoms with Crippen LogP contribution in [-0.2, 0) is 13.2 Å². The lowest BCUT2D eigenvalue weighted by Crippen LogP contribution is -2.27. The molecule has 0 fully saturated rings. The maximum Gasteiger partial charge on any atom is 0.312 e. The average molecular weight is 424 g/mol. The molecule has 0 aliphatic carbocycles. The molecule has 0 unspecified atom stereocenters. The Morgan fingerprint density at radius 1 is 1.16 bits per heavy atom. The number of nitro groups is 1. The van der Waals surface area contributed by atoms with E-state index < -0.39 is 4.92 Å². The van der Waals surface area contributed by atoms with Crippen molar-refractivity contribution >= 4 is 11.6 Å². The van der Waals surface area contributed by atoms with Crippen LogP contribution in [0.5, 0.6) is 11.5 Å². The van der Waals surface area contributed by atoms with Crippen LogP contribution in [-0.4, -0.2) is 34.3 Å². The van der Waals surface area contributed by atoms with E-state index in [0.717, 1.165) is 5.56 Å². The summed E-state index contributed by atoms with van der Waals surface area (Å²) in [4.78, 5) is 23.2. The molecule has 1 heterocycles. The van der Waals surface area contributed by atoms with Crippen molar-refractivity contribution in [3.63, 3.8) is 0 Å². The quantitative estimate of drug-likeness (QED) is 0.416. The second-order valence-corrected chi connectivity index (χ2v) is 6.90. The van der Waals surface area contributed by atoms with Crippen LogP contribution in [0.2, 0.25) is 0 Å². The van der Waals surface area contributed by atoms with E-state index in [1.807, 2.05) is 30.3 Å². The molecule has 9 nitrogen and oxygen atoms in total. The molecule has 2 aromatic carbocycles. The largest absolute Gasteiger partial charge is 0.493 e. The van der Waals surface area contributed by atoms with Crippen LogP contribution in [0.15, 0.2) is 48.5 Å². The Morgan fingerprint density at radius 2 is 1.90 bits per heavy atom. The number of nitrogens with zero attached hydrogens (tertiary/aromatic N) is 3. The van der Waals surface area contributed by atoms with Gasteiger partial charge in [0, 0.05) is 12.1 Å². The molecule has 1 aromatic heterocycles. The standard InChI is InChI=1S/C22H24N4O5/c1-15-21(26(28)29)16(2)25(24-15)12-11-23-22(27)18-8-6-7-17(13-18)14-31-20-10-5-4-9-19(20)30-3/h4-10,13H,11-12,14H2,1-3H3,(H,23,27). The monoisotopic (exact) mass is 424 g/mol. The number of hydrogen-bond acceptors (Lipinski definition) is 6. The van der Waals surface area contributed by atoms with Crippen LogP contribution < -0.4 is 14.8 Å². The van der Waals surface area contributed by atoms with Gasteiger partial charge in [0.05, 0.1) is 18.6 Å². The Morgan fingerprint density at radius 3 is 2.58 bits per heavy atom. The Labute approximate surface area is 179 Å². The summed E-state index contributed by atoms with van der Waals surface area (Å²) < 4.78 is 12.6. The first-order chi connectivity index (χ1) is 14.9. The Balaban J connectivity index is 1.58. The number of aromatic nitrogens is 2. The minimum atomic E-state index is -0.439. The third-order valence-corrected chi connectivity index (χ3v) is 4.79. The summed E-state index contributed by atoms with van der Waals surface area (Å²) in [5, 5.41) is 18.1. The predicted octanol–water partition coefficient (Wildman–Crippen LogP) is 3.43. The van der Waals surface area contributed by atoms with Crippen LogP contribution in [0.25, 0.3) is 0 Å². The van der Waals surface area contributed by atoms with Gasteiger partial charge in [0.2, 0.25) is 0 Å². The number of ether oxygens (including phenoxy) is 2. The molecule has 162 valence electrons. The second-order valence-electron chi connectivity index (χ2n) is 6.90. The highest BCUT2D eigenvalue weighted by Crippen LogP contribution is 2.26. The highest BCUT2D eigenvalue weighted by atomic mass is 16.6. The summed E-state index contributed by atoms with van der Waals surface area (Å²) in [5.41, 5.74) is 2.17. The first-order valence-electron chi connectivity index (χ1n) is 9.72. The van der Waals surface area contributed by atoms with Gasteiger partial charge in [-0.15, -0.1) is 0 Å². The molecule has 1 N–H and O–H groups in total. The molecule has 0 aliphatic heterocycles. The smallest absolute Gasteiger partial charge is 0.312 e. The van der Waals surface area contributed by atoms with Crippen LogP contribution in [0.1, 0.15) is 27.3 Å². The molecule has 0 radical (unpaired) electrons. The first kappa shape index (κ1) is 21.8. The Bertz CT molecular complexity index is 1090. The van der Waals surface area contributed by atoms with E-state index in [4.69, 9.17) is 9.47 Å². The third kappa shape index (κ3) is 5.19. The summed E-state index contributed by atoms with van der Waals surface area (Å²) in [6.07, 6.45) is 0. The highest BCUT2D eigenvalue weighted by Gasteiger charge is 2.21. The Hall–Kier alpha value is -3.88. The average Bonchev–Trinajstić information content (AvgIpc) is 3.05. The van der Waals surface area contributed by atoms with Gasteiger partial charge in [0.1, 0.15) is 18.0 Å². The molecular formula is C22H24N4O5. The molecule has 3 rings (SSSR count). The number of methoxy groups -OCH3 is 1. The molecule has 9 heteroatoms. The molecule has 1 amide bonds. The number of rotatable bonds is 9. The van der Waals surface area contributed by atoms with E-state index in [0.29, 0.717) is 41.5 Å².